The highest BCUT2D eigenvalue weighted by Gasteiger charge is 2.19. The van der Waals surface area contributed by atoms with Gasteiger partial charge in [-0.1, -0.05) is 41.9 Å². The lowest BCUT2D eigenvalue weighted by molar-refractivity contribution is 0.0601. The molecule has 0 fully saturated rings. The third-order valence-electron chi connectivity index (χ3n) is 4.86. The van der Waals surface area contributed by atoms with Crippen LogP contribution in [0, 0.1) is 18.3 Å². The number of pyridine rings is 1. The SMILES string of the molecule is COC(=O)c1cc(N=Nc2c(C)c(C#N)c(O)n(CCc3ccccc3)c2=O)ccc1Cl. The Kier molecular flexibility index (Phi) is 7.03. The Labute approximate surface area is 189 Å². The Balaban J connectivity index is 2.02. The summed E-state index contributed by atoms with van der Waals surface area (Å²) in [4.78, 5) is 24.9. The number of aromatic nitrogens is 1. The average molecular weight is 451 g/mol. The number of esters is 1. The maximum absolute atomic E-state index is 13.0. The molecule has 0 bridgehead atoms. The van der Waals surface area contributed by atoms with Gasteiger partial charge in [-0.3, -0.25) is 9.36 Å². The van der Waals surface area contributed by atoms with Crippen molar-refractivity contribution in [3.05, 3.63) is 86.2 Å². The van der Waals surface area contributed by atoms with E-state index in [1.165, 1.54) is 32.2 Å². The summed E-state index contributed by atoms with van der Waals surface area (Å²) in [5, 5.41) is 28.2. The van der Waals surface area contributed by atoms with Crippen LogP contribution in [0.4, 0.5) is 11.4 Å². The number of halogens is 1. The Morgan fingerprint density at radius 3 is 2.59 bits per heavy atom. The Hall–Kier alpha value is -3.96. The molecule has 8 nitrogen and oxygen atoms in total. The molecule has 0 aliphatic rings. The topological polar surface area (TPSA) is 117 Å². The normalized spacial score (nSPS) is 10.8. The number of ether oxygens (including phenoxy) is 1. The highest BCUT2D eigenvalue weighted by atomic mass is 35.5. The van der Waals surface area contributed by atoms with E-state index in [2.05, 4.69) is 15.0 Å². The van der Waals surface area contributed by atoms with Crippen molar-refractivity contribution in [1.82, 2.24) is 4.57 Å². The van der Waals surface area contributed by atoms with Gasteiger partial charge in [0.25, 0.3) is 5.56 Å². The van der Waals surface area contributed by atoms with Crippen molar-refractivity contribution < 1.29 is 14.6 Å². The fraction of sp³-hybridized carbons (Fsp3) is 0.174. The number of rotatable bonds is 6. The van der Waals surface area contributed by atoms with Gasteiger partial charge >= 0.3 is 5.97 Å². The molecule has 32 heavy (non-hydrogen) atoms. The van der Waals surface area contributed by atoms with Crippen molar-refractivity contribution >= 4 is 28.9 Å². The number of aryl methyl sites for hydroxylation is 1. The molecule has 0 saturated carbocycles. The summed E-state index contributed by atoms with van der Waals surface area (Å²) >= 11 is 6.01. The van der Waals surface area contributed by atoms with Crippen LogP contribution < -0.4 is 5.56 Å². The van der Waals surface area contributed by atoms with Gasteiger partial charge in [-0.2, -0.15) is 10.4 Å². The summed E-state index contributed by atoms with van der Waals surface area (Å²) in [7, 11) is 1.23. The second-order valence-electron chi connectivity index (χ2n) is 6.83. The van der Waals surface area contributed by atoms with Gasteiger partial charge in [0, 0.05) is 12.1 Å². The number of nitriles is 1. The molecule has 1 N–H and O–H groups in total. The summed E-state index contributed by atoms with van der Waals surface area (Å²) in [6.07, 6.45) is 0.471. The Morgan fingerprint density at radius 2 is 1.94 bits per heavy atom. The van der Waals surface area contributed by atoms with E-state index >= 15 is 0 Å². The first-order chi connectivity index (χ1) is 15.4. The van der Waals surface area contributed by atoms with Crippen LogP contribution in [0.1, 0.15) is 27.0 Å². The lowest BCUT2D eigenvalue weighted by Crippen LogP contribution is -2.22. The molecule has 0 atom stereocenters. The van der Waals surface area contributed by atoms with E-state index in [0.29, 0.717) is 6.42 Å². The zero-order chi connectivity index (χ0) is 23.3. The van der Waals surface area contributed by atoms with E-state index in [-0.39, 0.29) is 39.6 Å². The lowest BCUT2D eigenvalue weighted by atomic mass is 10.1. The number of benzene rings is 2. The van der Waals surface area contributed by atoms with Gasteiger partial charge in [0.05, 0.1) is 23.4 Å². The number of carbonyl (C=O) groups excluding carboxylic acids is 1. The third kappa shape index (κ3) is 4.68. The first-order valence-electron chi connectivity index (χ1n) is 9.57. The van der Waals surface area contributed by atoms with Crippen molar-refractivity contribution in [3.63, 3.8) is 0 Å². The van der Waals surface area contributed by atoms with Gasteiger partial charge in [0.1, 0.15) is 11.6 Å². The molecule has 0 radical (unpaired) electrons. The quantitative estimate of drug-likeness (QED) is 0.426. The molecule has 1 heterocycles. The minimum atomic E-state index is -0.636. The van der Waals surface area contributed by atoms with Crippen LogP contribution >= 0.6 is 11.6 Å². The number of hydrogen-bond acceptors (Lipinski definition) is 7. The van der Waals surface area contributed by atoms with E-state index < -0.39 is 17.4 Å². The van der Waals surface area contributed by atoms with Crippen LogP contribution in [0.15, 0.2) is 63.6 Å². The molecule has 162 valence electrons. The molecular formula is C23H19ClN4O4. The molecular weight excluding hydrogens is 432 g/mol. The molecule has 0 aliphatic heterocycles. The summed E-state index contributed by atoms with van der Waals surface area (Å²) < 4.78 is 5.79. The molecule has 0 unspecified atom stereocenters. The predicted molar refractivity (Wildman–Crippen MR) is 119 cm³/mol. The molecule has 0 spiro atoms. The third-order valence-corrected chi connectivity index (χ3v) is 5.19. The second kappa shape index (κ2) is 9.90. The van der Waals surface area contributed by atoms with E-state index in [9.17, 15) is 20.0 Å². The van der Waals surface area contributed by atoms with Crippen LogP contribution in [-0.4, -0.2) is 22.8 Å². The Bertz CT molecular complexity index is 1290. The summed E-state index contributed by atoms with van der Waals surface area (Å²) in [6, 6.07) is 15.7. The number of nitrogens with zero attached hydrogens (tertiary/aromatic N) is 4. The highest BCUT2D eigenvalue weighted by Crippen LogP contribution is 2.28. The number of carbonyl (C=O) groups is 1. The van der Waals surface area contributed by atoms with Gasteiger partial charge in [0.2, 0.25) is 5.88 Å². The largest absolute Gasteiger partial charge is 0.493 e. The molecule has 9 heteroatoms. The van der Waals surface area contributed by atoms with Gasteiger partial charge in [-0.15, -0.1) is 5.11 Å². The van der Waals surface area contributed by atoms with E-state index in [4.69, 9.17) is 11.6 Å². The lowest BCUT2D eigenvalue weighted by Gasteiger charge is -2.13. The molecule has 0 saturated heterocycles. The van der Waals surface area contributed by atoms with Crippen molar-refractivity contribution in [2.45, 2.75) is 19.9 Å². The number of azo groups is 1. The van der Waals surface area contributed by atoms with Gasteiger partial charge < -0.3 is 9.84 Å². The van der Waals surface area contributed by atoms with Gasteiger partial charge in [-0.25, -0.2) is 4.79 Å². The molecule has 3 aromatic rings. The zero-order valence-electron chi connectivity index (χ0n) is 17.4. The van der Waals surface area contributed by atoms with Crippen LogP contribution in [0.2, 0.25) is 5.02 Å². The average Bonchev–Trinajstić information content (AvgIpc) is 2.80. The fourth-order valence-corrected chi connectivity index (χ4v) is 3.29. The van der Waals surface area contributed by atoms with E-state index in [0.717, 1.165) is 10.1 Å². The smallest absolute Gasteiger partial charge is 0.339 e. The molecule has 3 rings (SSSR count). The van der Waals surface area contributed by atoms with Gasteiger partial charge in [-0.05, 0) is 37.1 Å². The minimum absolute atomic E-state index is 0.0574. The second-order valence-corrected chi connectivity index (χ2v) is 7.24. The van der Waals surface area contributed by atoms with Crippen molar-refractivity contribution in [3.8, 4) is 11.9 Å². The van der Waals surface area contributed by atoms with Crippen molar-refractivity contribution in [2.75, 3.05) is 7.11 Å². The standard InChI is InChI=1S/C23H19ClN4O4/c1-14-18(13-25)21(29)28(11-10-15-6-4-3-5-7-15)22(30)20(14)27-26-16-8-9-19(24)17(12-16)23(31)32-2/h3-9,12,29H,10-11H2,1-2H3. The Morgan fingerprint density at radius 1 is 1.22 bits per heavy atom. The summed E-state index contributed by atoms with van der Waals surface area (Å²) in [5.74, 6) is -1.05. The van der Waals surface area contributed by atoms with Crippen LogP contribution in [-0.2, 0) is 17.7 Å². The minimum Gasteiger partial charge on any atom is -0.493 e. The molecule has 0 amide bonds. The van der Waals surface area contributed by atoms with Crippen molar-refractivity contribution in [1.29, 1.82) is 5.26 Å². The predicted octanol–water partition coefficient (Wildman–Crippen LogP) is 4.83. The van der Waals surface area contributed by atoms with Crippen LogP contribution in [0.25, 0.3) is 0 Å². The zero-order valence-corrected chi connectivity index (χ0v) is 18.1. The number of methoxy groups -OCH3 is 1. The maximum Gasteiger partial charge on any atom is 0.339 e. The van der Waals surface area contributed by atoms with Crippen LogP contribution in [0.3, 0.4) is 0 Å². The monoisotopic (exact) mass is 450 g/mol. The first-order valence-corrected chi connectivity index (χ1v) is 9.95. The summed E-state index contributed by atoms with van der Waals surface area (Å²) in [6.45, 7) is 1.66. The fourth-order valence-electron chi connectivity index (χ4n) is 3.10. The number of hydrogen-bond donors (Lipinski definition) is 1. The number of aromatic hydroxyl groups is 1. The highest BCUT2D eigenvalue weighted by molar-refractivity contribution is 6.33. The summed E-state index contributed by atoms with van der Waals surface area (Å²) in [5.41, 5.74) is 0.817. The molecule has 1 aromatic heterocycles. The molecule has 0 aliphatic carbocycles. The first kappa shape index (κ1) is 22.7. The van der Waals surface area contributed by atoms with E-state index in [1.54, 1.807) is 0 Å². The maximum atomic E-state index is 13.0. The molecule has 2 aromatic carbocycles. The van der Waals surface area contributed by atoms with Crippen molar-refractivity contribution in [2.24, 2.45) is 10.2 Å². The van der Waals surface area contributed by atoms with E-state index in [1.807, 2.05) is 36.4 Å². The van der Waals surface area contributed by atoms with Crippen LogP contribution in [0.5, 0.6) is 5.88 Å². The van der Waals surface area contributed by atoms with Gasteiger partial charge in [0.15, 0.2) is 5.69 Å².